The molecule has 1 saturated heterocycles. The standard InChI is InChI=1S/C24H32ClN5O.2ClH/c1-16(2)28-23(20(14-31)18-5-7-19(25)8-6-18)29-10-12-30(13-11-29)24-22-17(3)4-9-21(22)26-15-27-24;;/h5-8,14-17,20,23,28H,4,9-13H2,1-3H3;2*1H/t17-,20?,23?;;/m1../s1. The molecule has 1 fully saturated rings. The number of aryl methyl sites for hydroxylation is 1. The van der Waals surface area contributed by atoms with Crippen LogP contribution in [0, 0.1) is 0 Å². The van der Waals surface area contributed by atoms with E-state index in [1.54, 1.807) is 6.33 Å². The predicted octanol–water partition coefficient (Wildman–Crippen LogP) is 4.45. The molecule has 9 heteroatoms. The first-order valence-corrected chi connectivity index (χ1v) is 11.6. The van der Waals surface area contributed by atoms with E-state index in [1.165, 1.54) is 11.3 Å². The molecule has 0 amide bonds. The Balaban J connectivity index is 0.00000193. The number of rotatable bonds is 7. The summed E-state index contributed by atoms with van der Waals surface area (Å²) < 4.78 is 0. The topological polar surface area (TPSA) is 61.4 Å². The third kappa shape index (κ3) is 6.17. The van der Waals surface area contributed by atoms with Gasteiger partial charge in [-0.2, -0.15) is 0 Å². The van der Waals surface area contributed by atoms with Crippen LogP contribution in [0.15, 0.2) is 30.6 Å². The van der Waals surface area contributed by atoms with Crippen molar-refractivity contribution in [3.05, 3.63) is 52.4 Å². The summed E-state index contributed by atoms with van der Waals surface area (Å²) in [5.74, 6) is 1.37. The van der Waals surface area contributed by atoms with E-state index in [4.69, 9.17) is 11.6 Å². The fourth-order valence-electron chi connectivity index (χ4n) is 4.88. The normalized spacial score (nSPS) is 19.9. The van der Waals surface area contributed by atoms with Crippen LogP contribution in [0.4, 0.5) is 5.82 Å². The molecular weight excluding hydrogens is 481 g/mol. The molecule has 0 bridgehead atoms. The molecule has 2 aliphatic rings. The van der Waals surface area contributed by atoms with Crippen LogP contribution in [0.2, 0.25) is 5.02 Å². The monoisotopic (exact) mass is 513 g/mol. The SMILES string of the molecule is CC(C)NC(C(C=O)c1ccc(Cl)cc1)N1CCN(c2ncnc3c2[C@H](C)CC3)CC1.Cl.Cl. The van der Waals surface area contributed by atoms with Crippen LogP contribution in [0.25, 0.3) is 0 Å². The lowest BCUT2D eigenvalue weighted by atomic mass is 9.95. The molecule has 1 aromatic heterocycles. The number of anilines is 1. The average Bonchev–Trinajstić information content (AvgIpc) is 3.16. The van der Waals surface area contributed by atoms with Crippen LogP contribution in [0.1, 0.15) is 55.8 Å². The van der Waals surface area contributed by atoms with E-state index in [1.807, 2.05) is 24.3 Å². The zero-order valence-corrected chi connectivity index (χ0v) is 21.8. The summed E-state index contributed by atoms with van der Waals surface area (Å²) in [5.41, 5.74) is 3.53. The third-order valence-electron chi connectivity index (χ3n) is 6.51. The number of halogens is 3. The summed E-state index contributed by atoms with van der Waals surface area (Å²) >= 11 is 6.07. The minimum Gasteiger partial charge on any atom is -0.354 e. The zero-order valence-electron chi connectivity index (χ0n) is 19.4. The highest BCUT2D eigenvalue weighted by Gasteiger charge is 2.33. The zero-order chi connectivity index (χ0) is 22.0. The van der Waals surface area contributed by atoms with Gasteiger partial charge < -0.3 is 9.69 Å². The van der Waals surface area contributed by atoms with Crippen molar-refractivity contribution in [1.82, 2.24) is 20.2 Å². The maximum absolute atomic E-state index is 12.2. The van der Waals surface area contributed by atoms with Gasteiger partial charge in [0.25, 0.3) is 0 Å². The van der Waals surface area contributed by atoms with Crippen LogP contribution in [0.3, 0.4) is 0 Å². The second kappa shape index (κ2) is 12.3. The van der Waals surface area contributed by atoms with Gasteiger partial charge in [0, 0.05) is 48.5 Å². The summed E-state index contributed by atoms with van der Waals surface area (Å²) in [4.78, 5) is 26.1. The Morgan fingerprint density at radius 1 is 1.09 bits per heavy atom. The molecule has 2 aromatic rings. The summed E-state index contributed by atoms with van der Waals surface area (Å²) in [6.07, 6.45) is 4.92. The molecule has 33 heavy (non-hydrogen) atoms. The van der Waals surface area contributed by atoms with Crippen LogP contribution < -0.4 is 10.2 Å². The Labute approximate surface area is 214 Å². The van der Waals surface area contributed by atoms with Crippen molar-refractivity contribution in [2.75, 3.05) is 31.1 Å². The van der Waals surface area contributed by atoms with Gasteiger partial charge in [-0.3, -0.25) is 10.2 Å². The highest BCUT2D eigenvalue weighted by Crippen LogP contribution is 2.37. The first kappa shape index (κ1) is 27.8. The van der Waals surface area contributed by atoms with Crippen molar-refractivity contribution in [3.63, 3.8) is 0 Å². The lowest BCUT2D eigenvalue weighted by Gasteiger charge is -2.43. The number of nitrogens with zero attached hydrogens (tertiary/aromatic N) is 4. The first-order valence-electron chi connectivity index (χ1n) is 11.3. The highest BCUT2D eigenvalue weighted by molar-refractivity contribution is 6.30. The molecule has 1 aliphatic heterocycles. The van der Waals surface area contributed by atoms with E-state index < -0.39 is 0 Å². The Morgan fingerprint density at radius 3 is 2.36 bits per heavy atom. The number of fused-ring (bicyclic) bond motifs is 1. The van der Waals surface area contributed by atoms with Gasteiger partial charge in [0.05, 0.1) is 12.1 Å². The highest BCUT2D eigenvalue weighted by atomic mass is 35.5. The lowest BCUT2D eigenvalue weighted by Crippen LogP contribution is -2.58. The van der Waals surface area contributed by atoms with Gasteiger partial charge in [-0.25, -0.2) is 9.97 Å². The second-order valence-corrected chi connectivity index (χ2v) is 9.44. The molecule has 1 N–H and O–H groups in total. The van der Waals surface area contributed by atoms with Crippen LogP contribution >= 0.6 is 36.4 Å². The second-order valence-electron chi connectivity index (χ2n) is 9.00. The molecule has 1 aliphatic carbocycles. The van der Waals surface area contributed by atoms with Crippen molar-refractivity contribution in [3.8, 4) is 0 Å². The van der Waals surface area contributed by atoms with E-state index in [2.05, 4.69) is 45.9 Å². The fourth-order valence-corrected chi connectivity index (χ4v) is 5.01. The minimum absolute atomic E-state index is 0. The maximum Gasteiger partial charge on any atom is 0.135 e. The molecule has 4 rings (SSSR count). The summed E-state index contributed by atoms with van der Waals surface area (Å²) in [6, 6.07) is 7.89. The van der Waals surface area contributed by atoms with Crippen molar-refractivity contribution in [2.24, 2.45) is 0 Å². The Bertz CT molecular complexity index is 903. The van der Waals surface area contributed by atoms with Gasteiger partial charge in [0.15, 0.2) is 0 Å². The Kier molecular flexibility index (Phi) is 10.4. The van der Waals surface area contributed by atoms with E-state index in [9.17, 15) is 4.79 Å². The van der Waals surface area contributed by atoms with E-state index in [0.717, 1.165) is 56.7 Å². The number of hydrogen-bond acceptors (Lipinski definition) is 6. The Hall–Kier alpha value is -1.44. The molecule has 3 atom stereocenters. The average molecular weight is 515 g/mol. The molecule has 0 spiro atoms. The summed E-state index contributed by atoms with van der Waals surface area (Å²) in [6.45, 7) is 10.0. The predicted molar refractivity (Wildman–Crippen MR) is 139 cm³/mol. The number of carbonyl (C=O) groups is 1. The molecule has 6 nitrogen and oxygen atoms in total. The largest absolute Gasteiger partial charge is 0.354 e. The van der Waals surface area contributed by atoms with E-state index in [0.29, 0.717) is 10.9 Å². The molecule has 0 radical (unpaired) electrons. The van der Waals surface area contributed by atoms with Gasteiger partial charge in [0.2, 0.25) is 0 Å². The Morgan fingerprint density at radius 2 is 1.76 bits per heavy atom. The van der Waals surface area contributed by atoms with Crippen molar-refractivity contribution < 1.29 is 4.79 Å². The summed E-state index contributed by atoms with van der Waals surface area (Å²) in [7, 11) is 0. The number of aromatic nitrogens is 2. The number of hydrogen-bond donors (Lipinski definition) is 1. The molecule has 182 valence electrons. The van der Waals surface area contributed by atoms with E-state index in [-0.39, 0.29) is 42.9 Å². The van der Waals surface area contributed by atoms with Crippen molar-refractivity contribution in [2.45, 2.75) is 57.7 Å². The lowest BCUT2D eigenvalue weighted by molar-refractivity contribution is -0.111. The van der Waals surface area contributed by atoms with E-state index >= 15 is 0 Å². The fraction of sp³-hybridized carbons (Fsp3) is 0.542. The molecule has 2 unspecified atom stereocenters. The van der Waals surface area contributed by atoms with Crippen molar-refractivity contribution >= 4 is 48.5 Å². The number of piperazine rings is 1. The van der Waals surface area contributed by atoms with Gasteiger partial charge in [-0.15, -0.1) is 24.8 Å². The third-order valence-corrected chi connectivity index (χ3v) is 6.76. The molecular formula is C24H34Cl3N5O. The van der Waals surface area contributed by atoms with Gasteiger partial charge in [0.1, 0.15) is 18.4 Å². The molecule has 0 saturated carbocycles. The van der Waals surface area contributed by atoms with Gasteiger partial charge in [-0.05, 0) is 50.3 Å². The quantitative estimate of drug-likeness (QED) is 0.551. The van der Waals surface area contributed by atoms with Gasteiger partial charge >= 0.3 is 0 Å². The maximum atomic E-state index is 12.2. The van der Waals surface area contributed by atoms with Crippen LogP contribution in [-0.2, 0) is 11.2 Å². The van der Waals surface area contributed by atoms with Gasteiger partial charge in [-0.1, -0.05) is 30.7 Å². The summed E-state index contributed by atoms with van der Waals surface area (Å²) in [5, 5.41) is 4.32. The van der Waals surface area contributed by atoms with Crippen LogP contribution in [0.5, 0.6) is 0 Å². The smallest absolute Gasteiger partial charge is 0.135 e. The molecule has 1 aromatic carbocycles. The number of benzene rings is 1. The number of aldehydes is 1. The first-order chi connectivity index (χ1) is 15.0. The van der Waals surface area contributed by atoms with Crippen molar-refractivity contribution in [1.29, 1.82) is 0 Å². The van der Waals surface area contributed by atoms with Crippen LogP contribution in [-0.4, -0.2) is 59.5 Å². The molecule has 2 heterocycles. The number of nitrogens with one attached hydrogen (secondary N) is 1. The minimum atomic E-state index is -0.255. The number of carbonyl (C=O) groups excluding carboxylic acids is 1.